The third-order valence-electron chi connectivity index (χ3n) is 3.79. The van der Waals surface area contributed by atoms with Gasteiger partial charge in [-0.2, -0.15) is 0 Å². The number of benzene rings is 1. The summed E-state index contributed by atoms with van der Waals surface area (Å²) in [5.74, 6) is -1.14. The first kappa shape index (κ1) is 16.8. The van der Waals surface area contributed by atoms with Crippen molar-refractivity contribution in [2.24, 2.45) is 5.41 Å². The zero-order chi connectivity index (χ0) is 17.0. The predicted octanol–water partition coefficient (Wildman–Crippen LogP) is 0.550. The average molecular weight is 320 g/mol. The molecule has 2 atom stereocenters. The largest absolute Gasteiger partial charge is 0.484 e. The van der Waals surface area contributed by atoms with E-state index in [1.54, 1.807) is 38.1 Å². The van der Waals surface area contributed by atoms with Crippen molar-refractivity contribution in [2.45, 2.75) is 32.4 Å². The number of carbonyl (C=O) groups is 3. The van der Waals surface area contributed by atoms with Crippen molar-refractivity contribution in [2.75, 3.05) is 6.61 Å². The molecule has 1 aliphatic rings. The van der Waals surface area contributed by atoms with E-state index in [0.717, 1.165) is 0 Å². The summed E-state index contributed by atoms with van der Waals surface area (Å²) in [7, 11) is 0. The van der Waals surface area contributed by atoms with Gasteiger partial charge >= 0.3 is 5.97 Å². The van der Waals surface area contributed by atoms with Gasteiger partial charge in [0.1, 0.15) is 11.8 Å². The van der Waals surface area contributed by atoms with Gasteiger partial charge in [0, 0.05) is 0 Å². The van der Waals surface area contributed by atoms with Crippen LogP contribution in [-0.2, 0) is 14.4 Å². The summed E-state index contributed by atoms with van der Waals surface area (Å²) in [6, 6.07) is 7.70. The Bertz CT molecular complexity index is 600. The SMILES string of the molecule is CC(C)(CC(=O)O)[C@H]1NC(=O)[C@H]1NC(=O)COc1ccccc1. The maximum Gasteiger partial charge on any atom is 0.303 e. The van der Waals surface area contributed by atoms with Crippen LogP contribution in [0.2, 0.25) is 0 Å². The Morgan fingerprint density at radius 3 is 2.52 bits per heavy atom. The third kappa shape index (κ3) is 4.21. The van der Waals surface area contributed by atoms with Crippen LogP contribution in [0.5, 0.6) is 5.75 Å². The molecular formula is C16H20N2O5. The minimum absolute atomic E-state index is 0.106. The summed E-state index contributed by atoms with van der Waals surface area (Å²) >= 11 is 0. The maximum absolute atomic E-state index is 11.9. The van der Waals surface area contributed by atoms with E-state index in [-0.39, 0.29) is 18.9 Å². The number of ether oxygens (including phenoxy) is 1. The highest BCUT2D eigenvalue weighted by Gasteiger charge is 2.49. The molecule has 2 amide bonds. The Balaban J connectivity index is 1.89. The maximum atomic E-state index is 11.9. The van der Waals surface area contributed by atoms with Gasteiger partial charge in [0.2, 0.25) is 5.91 Å². The van der Waals surface area contributed by atoms with Gasteiger partial charge in [-0.15, -0.1) is 0 Å². The van der Waals surface area contributed by atoms with Crippen LogP contribution in [0.4, 0.5) is 0 Å². The molecule has 3 N–H and O–H groups in total. The van der Waals surface area contributed by atoms with Crippen molar-refractivity contribution < 1.29 is 24.2 Å². The Hall–Kier alpha value is -2.57. The lowest BCUT2D eigenvalue weighted by molar-refractivity contribution is -0.145. The fraction of sp³-hybridized carbons (Fsp3) is 0.438. The first-order valence-electron chi connectivity index (χ1n) is 7.29. The van der Waals surface area contributed by atoms with E-state index in [2.05, 4.69) is 10.6 Å². The highest BCUT2D eigenvalue weighted by Crippen LogP contribution is 2.31. The number of rotatable bonds is 7. The fourth-order valence-corrected chi connectivity index (χ4v) is 2.56. The lowest BCUT2D eigenvalue weighted by Gasteiger charge is -2.46. The van der Waals surface area contributed by atoms with E-state index >= 15 is 0 Å². The van der Waals surface area contributed by atoms with Crippen LogP contribution in [0, 0.1) is 5.41 Å². The van der Waals surface area contributed by atoms with Crippen molar-refractivity contribution in [3.8, 4) is 5.75 Å². The van der Waals surface area contributed by atoms with Crippen LogP contribution in [0.3, 0.4) is 0 Å². The van der Waals surface area contributed by atoms with Crippen LogP contribution in [0.1, 0.15) is 20.3 Å². The van der Waals surface area contributed by atoms with Crippen LogP contribution in [0.25, 0.3) is 0 Å². The quantitative estimate of drug-likeness (QED) is 0.636. The lowest BCUT2D eigenvalue weighted by atomic mass is 9.73. The van der Waals surface area contributed by atoms with E-state index in [4.69, 9.17) is 9.84 Å². The van der Waals surface area contributed by atoms with Crippen molar-refractivity contribution in [1.29, 1.82) is 0 Å². The summed E-state index contributed by atoms with van der Waals surface area (Å²) in [4.78, 5) is 34.5. The molecule has 7 nitrogen and oxygen atoms in total. The topological polar surface area (TPSA) is 105 Å². The van der Waals surface area contributed by atoms with Gasteiger partial charge in [-0.25, -0.2) is 0 Å². The zero-order valence-electron chi connectivity index (χ0n) is 13.0. The molecule has 0 unspecified atom stereocenters. The number of carboxylic acid groups (broad SMARTS) is 1. The van der Waals surface area contributed by atoms with Gasteiger partial charge in [-0.05, 0) is 17.5 Å². The molecule has 2 rings (SSSR count). The molecule has 7 heteroatoms. The fourth-order valence-electron chi connectivity index (χ4n) is 2.56. The Morgan fingerprint density at radius 1 is 1.30 bits per heavy atom. The van der Waals surface area contributed by atoms with Crippen LogP contribution < -0.4 is 15.4 Å². The molecule has 124 valence electrons. The minimum Gasteiger partial charge on any atom is -0.484 e. The molecule has 0 spiro atoms. The predicted molar refractivity (Wildman–Crippen MR) is 81.8 cm³/mol. The highest BCUT2D eigenvalue weighted by atomic mass is 16.5. The van der Waals surface area contributed by atoms with Gasteiger partial charge in [0.05, 0.1) is 12.5 Å². The summed E-state index contributed by atoms with van der Waals surface area (Å²) in [6.07, 6.45) is -0.106. The van der Waals surface area contributed by atoms with E-state index in [9.17, 15) is 14.4 Å². The molecule has 1 saturated heterocycles. The standard InChI is InChI=1S/C16H20N2O5/c1-16(2,8-12(20)21)14-13(15(22)18-14)17-11(19)9-23-10-6-4-3-5-7-10/h3-7,13-14H,8-9H2,1-2H3,(H,17,19)(H,18,22)(H,20,21)/t13-,14-/m0/s1. The molecule has 1 heterocycles. The summed E-state index contributed by atoms with van der Waals surface area (Å²) in [6.45, 7) is 3.27. The lowest BCUT2D eigenvalue weighted by Crippen LogP contribution is -2.73. The van der Waals surface area contributed by atoms with E-state index < -0.39 is 29.4 Å². The van der Waals surface area contributed by atoms with Crippen LogP contribution in [0.15, 0.2) is 30.3 Å². The van der Waals surface area contributed by atoms with Gasteiger partial charge < -0.3 is 20.5 Å². The first-order chi connectivity index (χ1) is 10.8. The highest BCUT2D eigenvalue weighted by molar-refractivity contribution is 5.94. The number of amides is 2. The van der Waals surface area contributed by atoms with E-state index in [1.807, 2.05) is 6.07 Å². The number of para-hydroxylation sites is 1. The number of hydrogen-bond donors (Lipinski definition) is 3. The number of β-lactam (4-membered cyclic amide) rings is 1. The molecule has 0 aromatic heterocycles. The molecule has 23 heavy (non-hydrogen) atoms. The number of nitrogens with one attached hydrogen (secondary N) is 2. The molecule has 0 radical (unpaired) electrons. The summed E-state index contributed by atoms with van der Waals surface area (Å²) in [5.41, 5.74) is -0.669. The van der Waals surface area contributed by atoms with Crippen molar-refractivity contribution in [3.05, 3.63) is 30.3 Å². The Kier molecular flexibility index (Phi) is 4.88. The van der Waals surface area contributed by atoms with Crippen molar-refractivity contribution >= 4 is 17.8 Å². The van der Waals surface area contributed by atoms with E-state index in [1.165, 1.54) is 0 Å². The average Bonchev–Trinajstić information content (AvgIpc) is 2.48. The van der Waals surface area contributed by atoms with Crippen molar-refractivity contribution in [3.63, 3.8) is 0 Å². The van der Waals surface area contributed by atoms with Gasteiger partial charge in [0.15, 0.2) is 6.61 Å². The second-order valence-electron chi connectivity index (χ2n) is 6.19. The summed E-state index contributed by atoms with van der Waals surface area (Å²) in [5, 5.41) is 14.2. The number of carbonyl (C=O) groups excluding carboxylic acids is 2. The number of aliphatic carboxylic acids is 1. The van der Waals surface area contributed by atoms with Gasteiger partial charge in [-0.1, -0.05) is 32.0 Å². The normalized spacial score (nSPS) is 20.2. The molecule has 1 aromatic carbocycles. The molecule has 0 saturated carbocycles. The first-order valence-corrected chi connectivity index (χ1v) is 7.29. The molecular weight excluding hydrogens is 300 g/mol. The molecule has 1 aliphatic heterocycles. The Morgan fingerprint density at radius 2 is 1.96 bits per heavy atom. The van der Waals surface area contributed by atoms with Crippen LogP contribution >= 0.6 is 0 Å². The van der Waals surface area contributed by atoms with Crippen molar-refractivity contribution in [1.82, 2.24) is 10.6 Å². The smallest absolute Gasteiger partial charge is 0.303 e. The second-order valence-corrected chi connectivity index (χ2v) is 6.19. The molecule has 1 fully saturated rings. The second kappa shape index (κ2) is 6.68. The third-order valence-corrected chi connectivity index (χ3v) is 3.79. The molecule has 1 aromatic rings. The van der Waals surface area contributed by atoms with Gasteiger partial charge in [0.25, 0.3) is 5.91 Å². The van der Waals surface area contributed by atoms with Crippen LogP contribution in [-0.4, -0.2) is 41.6 Å². The number of carboxylic acids is 1. The monoisotopic (exact) mass is 320 g/mol. The molecule has 0 aliphatic carbocycles. The van der Waals surface area contributed by atoms with E-state index in [0.29, 0.717) is 5.75 Å². The minimum atomic E-state index is -0.950. The van der Waals surface area contributed by atoms with Gasteiger partial charge in [-0.3, -0.25) is 14.4 Å². The number of hydrogen-bond acceptors (Lipinski definition) is 4. The molecule has 0 bridgehead atoms. The Labute approximate surface area is 134 Å². The summed E-state index contributed by atoms with van der Waals surface area (Å²) < 4.78 is 5.32. The zero-order valence-corrected chi connectivity index (χ0v) is 13.0.